The maximum Gasteiger partial charge on any atom is 0.327 e. The molecule has 0 radical (unpaired) electrons. The maximum absolute atomic E-state index is 11.6. The zero-order valence-electron chi connectivity index (χ0n) is 9.48. The molecule has 1 N–H and O–H groups in total. The average Bonchev–Trinajstić information content (AvgIpc) is 2.35. The van der Waals surface area contributed by atoms with E-state index >= 15 is 0 Å². The summed E-state index contributed by atoms with van der Waals surface area (Å²) in [5.74, 6) is -0.268. The first-order valence-electron chi connectivity index (χ1n) is 5.26. The minimum absolute atomic E-state index is 0.268. The van der Waals surface area contributed by atoms with Crippen molar-refractivity contribution in [2.45, 2.75) is 12.5 Å². The van der Waals surface area contributed by atoms with Crippen LogP contribution in [-0.4, -0.2) is 19.6 Å². The smallest absolute Gasteiger partial charge is 0.327 e. The van der Waals surface area contributed by atoms with Crippen LogP contribution in [0.5, 0.6) is 0 Å². The molecular formula is C13H17NO2. The molecule has 0 heterocycles. The van der Waals surface area contributed by atoms with Crippen LogP contribution >= 0.6 is 0 Å². The lowest BCUT2D eigenvalue weighted by molar-refractivity contribution is -0.143. The molecule has 3 nitrogen and oxygen atoms in total. The highest BCUT2D eigenvalue weighted by Gasteiger charge is 2.19. The highest BCUT2D eigenvalue weighted by Crippen LogP contribution is 2.13. The number of nitrogens with one attached hydrogen (secondary N) is 1. The number of methoxy groups -OCH3 is 1. The Labute approximate surface area is 96.1 Å². The second-order valence-corrected chi connectivity index (χ2v) is 3.40. The molecule has 1 aromatic carbocycles. The van der Waals surface area contributed by atoms with E-state index in [0.717, 1.165) is 12.0 Å². The van der Waals surface area contributed by atoms with Crippen molar-refractivity contribution in [1.82, 2.24) is 5.32 Å². The predicted octanol–water partition coefficient (Wildman–Crippen LogP) is 2.07. The SMILES string of the molecule is C=CCCNC(C(=O)OC)c1ccccc1. The monoisotopic (exact) mass is 219 g/mol. The van der Waals surface area contributed by atoms with Crippen LogP contribution in [0.1, 0.15) is 18.0 Å². The normalized spacial score (nSPS) is 11.8. The minimum atomic E-state index is -0.397. The standard InChI is InChI=1S/C13H17NO2/c1-3-4-10-14-12(13(15)16-2)11-8-6-5-7-9-11/h3,5-9,12,14H,1,4,10H2,2H3. The molecule has 3 heteroatoms. The highest BCUT2D eigenvalue weighted by atomic mass is 16.5. The van der Waals surface area contributed by atoms with Crippen molar-refractivity contribution in [3.05, 3.63) is 48.6 Å². The van der Waals surface area contributed by atoms with E-state index in [9.17, 15) is 4.79 Å². The van der Waals surface area contributed by atoms with Gasteiger partial charge in [-0.1, -0.05) is 36.4 Å². The summed E-state index contributed by atoms with van der Waals surface area (Å²) in [6.45, 7) is 4.35. The molecule has 1 unspecified atom stereocenters. The van der Waals surface area contributed by atoms with E-state index in [-0.39, 0.29) is 5.97 Å². The summed E-state index contributed by atoms with van der Waals surface area (Å²) in [5.41, 5.74) is 0.915. The lowest BCUT2D eigenvalue weighted by atomic mass is 10.1. The summed E-state index contributed by atoms with van der Waals surface area (Å²) in [7, 11) is 1.40. The molecule has 0 aromatic heterocycles. The Morgan fingerprint density at radius 3 is 2.75 bits per heavy atom. The van der Waals surface area contributed by atoms with E-state index < -0.39 is 6.04 Å². The third-order valence-electron chi connectivity index (χ3n) is 2.27. The first kappa shape index (κ1) is 12.5. The molecule has 0 saturated carbocycles. The molecule has 1 rings (SSSR count). The summed E-state index contributed by atoms with van der Waals surface area (Å²) in [6, 6.07) is 9.14. The van der Waals surface area contributed by atoms with Gasteiger partial charge < -0.3 is 10.1 Å². The Morgan fingerprint density at radius 2 is 2.19 bits per heavy atom. The van der Waals surface area contributed by atoms with E-state index in [1.54, 1.807) is 0 Å². The van der Waals surface area contributed by atoms with Crippen molar-refractivity contribution < 1.29 is 9.53 Å². The van der Waals surface area contributed by atoms with Gasteiger partial charge in [0.05, 0.1) is 7.11 Å². The Bertz CT molecular complexity index is 335. The van der Waals surface area contributed by atoms with Gasteiger partial charge in [-0.25, -0.2) is 4.79 Å². The van der Waals surface area contributed by atoms with Gasteiger partial charge in [0.25, 0.3) is 0 Å². The predicted molar refractivity (Wildman–Crippen MR) is 64.0 cm³/mol. The van der Waals surface area contributed by atoms with Gasteiger partial charge >= 0.3 is 5.97 Å². The van der Waals surface area contributed by atoms with Crippen LogP contribution in [-0.2, 0) is 9.53 Å². The van der Waals surface area contributed by atoms with Gasteiger partial charge in [-0.2, -0.15) is 0 Å². The average molecular weight is 219 g/mol. The Morgan fingerprint density at radius 1 is 1.50 bits per heavy atom. The fraction of sp³-hybridized carbons (Fsp3) is 0.308. The number of benzene rings is 1. The summed E-state index contributed by atoms with van der Waals surface area (Å²) >= 11 is 0. The second-order valence-electron chi connectivity index (χ2n) is 3.40. The summed E-state index contributed by atoms with van der Waals surface area (Å²) < 4.78 is 4.77. The van der Waals surface area contributed by atoms with Gasteiger partial charge in [-0.15, -0.1) is 6.58 Å². The molecule has 86 valence electrons. The van der Waals surface area contributed by atoms with Gasteiger partial charge in [0, 0.05) is 0 Å². The van der Waals surface area contributed by atoms with Crippen molar-refractivity contribution in [2.24, 2.45) is 0 Å². The Balaban J connectivity index is 2.71. The largest absolute Gasteiger partial charge is 0.468 e. The number of carbonyl (C=O) groups excluding carboxylic acids is 1. The molecule has 1 atom stereocenters. The molecular weight excluding hydrogens is 202 g/mol. The van der Waals surface area contributed by atoms with Gasteiger partial charge in [-0.05, 0) is 18.5 Å². The molecule has 0 spiro atoms. The molecule has 1 aromatic rings. The number of hydrogen-bond acceptors (Lipinski definition) is 3. The summed E-state index contributed by atoms with van der Waals surface area (Å²) in [6.07, 6.45) is 2.63. The number of rotatable bonds is 6. The molecule has 0 fully saturated rings. The van der Waals surface area contributed by atoms with E-state index in [0.29, 0.717) is 6.54 Å². The summed E-state index contributed by atoms with van der Waals surface area (Å²) in [4.78, 5) is 11.6. The van der Waals surface area contributed by atoms with Crippen LogP contribution in [0.4, 0.5) is 0 Å². The number of ether oxygens (including phenoxy) is 1. The molecule has 0 aliphatic carbocycles. The van der Waals surface area contributed by atoms with Crippen molar-refractivity contribution in [3.63, 3.8) is 0 Å². The van der Waals surface area contributed by atoms with Crippen molar-refractivity contribution in [1.29, 1.82) is 0 Å². The van der Waals surface area contributed by atoms with E-state index in [1.807, 2.05) is 36.4 Å². The molecule has 0 bridgehead atoms. The first-order valence-corrected chi connectivity index (χ1v) is 5.26. The quantitative estimate of drug-likeness (QED) is 0.452. The van der Waals surface area contributed by atoms with Crippen LogP contribution in [0.15, 0.2) is 43.0 Å². The Hall–Kier alpha value is -1.61. The lowest BCUT2D eigenvalue weighted by Crippen LogP contribution is -2.30. The fourth-order valence-electron chi connectivity index (χ4n) is 1.43. The lowest BCUT2D eigenvalue weighted by Gasteiger charge is -2.16. The fourth-order valence-corrected chi connectivity index (χ4v) is 1.43. The molecule has 0 aliphatic rings. The first-order chi connectivity index (χ1) is 7.79. The van der Waals surface area contributed by atoms with Crippen LogP contribution in [0.2, 0.25) is 0 Å². The number of carbonyl (C=O) groups is 1. The van der Waals surface area contributed by atoms with Crippen LogP contribution in [0.3, 0.4) is 0 Å². The van der Waals surface area contributed by atoms with Gasteiger partial charge in [0.1, 0.15) is 6.04 Å². The third kappa shape index (κ3) is 3.51. The topological polar surface area (TPSA) is 38.3 Å². The van der Waals surface area contributed by atoms with E-state index in [2.05, 4.69) is 11.9 Å². The van der Waals surface area contributed by atoms with Crippen molar-refractivity contribution >= 4 is 5.97 Å². The summed E-state index contributed by atoms with van der Waals surface area (Å²) in [5, 5.41) is 3.14. The zero-order chi connectivity index (χ0) is 11.8. The van der Waals surface area contributed by atoms with E-state index in [4.69, 9.17) is 4.74 Å². The Kier molecular flexibility index (Phi) is 5.29. The van der Waals surface area contributed by atoms with Gasteiger partial charge in [0.2, 0.25) is 0 Å². The molecule has 0 saturated heterocycles. The molecule has 0 aliphatic heterocycles. The van der Waals surface area contributed by atoms with Crippen molar-refractivity contribution in [2.75, 3.05) is 13.7 Å². The van der Waals surface area contributed by atoms with Crippen LogP contribution in [0, 0.1) is 0 Å². The zero-order valence-corrected chi connectivity index (χ0v) is 9.48. The van der Waals surface area contributed by atoms with Crippen LogP contribution < -0.4 is 5.32 Å². The van der Waals surface area contributed by atoms with Crippen molar-refractivity contribution in [3.8, 4) is 0 Å². The second kappa shape index (κ2) is 6.80. The minimum Gasteiger partial charge on any atom is -0.468 e. The third-order valence-corrected chi connectivity index (χ3v) is 2.27. The molecule has 0 amide bonds. The van der Waals surface area contributed by atoms with Crippen LogP contribution in [0.25, 0.3) is 0 Å². The highest BCUT2D eigenvalue weighted by molar-refractivity contribution is 5.77. The van der Waals surface area contributed by atoms with Gasteiger partial charge in [-0.3, -0.25) is 0 Å². The van der Waals surface area contributed by atoms with E-state index in [1.165, 1.54) is 7.11 Å². The molecule has 16 heavy (non-hydrogen) atoms. The number of hydrogen-bond donors (Lipinski definition) is 1. The van der Waals surface area contributed by atoms with Gasteiger partial charge in [0.15, 0.2) is 0 Å². The number of esters is 1. The maximum atomic E-state index is 11.6.